The summed E-state index contributed by atoms with van der Waals surface area (Å²) in [5, 5.41) is 7.96. The van der Waals surface area contributed by atoms with Crippen molar-refractivity contribution in [1.29, 1.82) is 0 Å². The van der Waals surface area contributed by atoms with Gasteiger partial charge in [0.25, 0.3) is 5.89 Å². The molecule has 1 saturated carbocycles. The maximum atomic E-state index is 10.5. The molecule has 0 spiro atoms. The van der Waals surface area contributed by atoms with Crippen molar-refractivity contribution in [2.45, 2.75) is 18.8 Å². The summed E-state index contributed by atoms with van der Waals surface area (Å²) in [6.07, 6.45) is 3.11. The number of carbonyl (C=O) groups excluding carboxylic acids is 1. The molecule has 76 valence electrons. The van der Waals surface area contributed by atoms with E-state index >= 15 is 0 Å². The highest BCUT2D eigenvalue weighted by Crippen LogP contribution is 2.40. The van der Waals surface area contributed by atoms with Gasteiger partial charge in [0, 0.05) is 5.92 Å². The first-order valence-corrected chi connectivity index (χ1v) is 5.57. The predicted octanol–water partition coefficient (Wildman–Crippen LogP) is 2.49. The Morgan fingerprint density at radius 1 is 1.40 bits per heavy atom. The molecule has 0 atom stereocenters. The summed E-state index contributed by atoms with van der Waals surface area (Å²) in [5.41, 5.74) is 0. The average molecular weight is 220 g/mol. The Labute approximate surface area is 89.9 Å². The Kier molecular flexibility index (Phi) is 1.92. The van der Waals surface area contributed by atoms with Crippen LogP contribution < -0.4 is 0 Å². The summed E-state index contributed by atoms with van der Waals surface area (Å²) in [4.78, 5) is 12.1. The average Bonchev–Trinajstić information content (AvgIpc) is 2.84. The van der Waals surface area contributed by atoms with E-state index in [0.29, 0.717) is 16.7 Å². The van der Waals surface area contributed by atoms with Crippen molar-refractivity contribution in [1.82, 2.24) is 10.2 Å². The molecular formula is C10H8N2O2S. The molecule has 0 unspecified atom stereocenters. The van der Waals surface area contributed by atoms with Crippen molar-refractivity contribution in [3.05, 3.63) is 22.9 Å². The maximum Gasteiger partial charge on any atom is 0.257 e. The van der Waals surface area contributed by atoms with Gasteiger partial charge in [-0.05, 0) is 25.0 Å². The number of hydrogen-bond acceptors (Lipinski definition) is 5. The molecule has 0 N–H and O–H groups in total. The molecule has 0 aromatic carbocycles. The number of carbonyl (C=O) groups is 1. The molecule has 0 bridgehead atoms. The minimum Gasteiger partial charge on any atom is -0.420 e. The second kappa shape index (κ2) is 3.27. The summed E-state index contributed by atoms with van der Waals surface area (Å²) in [6, 6.07) is 3.59. The Hall–Kier alpha value is -1.49. The molecule has 15 heavy (non-hydrogen) atoms. The van der Waals surface area contributed by atoms with Crippen molar-refractivity contribution in [2.75, 3.05) is 0 Å². The zero-order chi connectivity index (χ0) is 10.3. The third-order valence-corrected chi connectivity index (χ3v) is 3.32. The van der Waals surface area contributed by atoms with Gasteiger partial charge in [-0.1, -0.05) is 0 Å². The summed E-state index contributed by atoms with van der Waals surface area (Å²) in [6.45, 7) is 0. The standard InChI is InChI=1S/C10H8N2O2S/c13-5-7-3-4-8(15-7)10-12-11-9(14-10)6-1-2-6/h3-6H,1-2H2. The number of hydrogen-bond donors (Lipinski definition) is 0. The number of aromatic nitrogens is 2. The second-order valence-corrected chi connectivity index (χ2v) is 4.65. The summed E-state index contributed by atoms with van der Waals surface area (Å²) < 4.78 is 5.52. The van der Waals surface area contributed by atoms with Crippen LogP contribution in [0.4, 0.5) is 0 Å². The number of aldehydes is 1. The van der Waals surface area contributed by atoms with Gasteiger partial charge in [0.1, 0.15) is 0 Å². The third kappa shape index (κ3) is 1.59. The van der Waals surface area contributed by atoms with Crippen LogP contribution in [-0.2, 0) is 0 Å². The SMILES string of the molecule is O=Cc1ccc(-c2nnc(C3CC3)o2)s1. The van der Waals surface area contributed by atoms with Gasteiger partial charge in [0.2, 0.25) is 5.89 Å². The smallest absolute Gasteiger partial charge is 0.257 e. The number of thiophene rings is 1. The van der Waals surface area contributed by atoms with Gasteiger partial charge in [-0.3, -0.25) is 4.79 Å². The molecule has 2 aromatic rings. The van der Waals surface area contributed by atoms with E-state index in [4.69, 9.17) is 4.42 Å². The fraction of sp³-hybridized carbons (Fsp3) is 0.300. The van der Waals surface area contributed by atoms with Crippen LogP contribution in [-0.4, -0.2) is 16.5 Å². The van der Waals surface area contributed by atoms with Gasteiger partial charge in [0.05, 0.1) is 9.75 Å². The highest BCUT2D eigenvalue weighted by Gasteiger charge is 2.29. The van der Waals surface area contributed by atoms with Crippen LogP contribution in [0.25, 0.3) is 10.8 Å². The van der Waals surface area contributed by atoms with E-state index in [2.05, 4.69) is 10.2 Å². The van der Waals surface area contributed by atoms with Gasteiger partial charge in [-0.15, -0.1) is 21.5 Å². The van der Waals surface area contributed by atoms with Gasteiger partial charge in [-0.2, -0.15) is 0 Å². The van der Waals surface area contributed by atoms with Crippen LogP contribution in [0.1, 0.15) is 34.3 Å². The quantitative estimate of drug-likeness (QED) is 0.746. The summed E-state index contributed by atoms with van der Waals surface area (Å²) in [5.74, 6) is 1.72. The van der Waals surface area contributed by atoms with E-state index in [-0.39, 0.29) is 0 Å². The minimum absolute atomic E-state index is 0.469. The van der Waals surface area contributed by atoms with Crippen LogP contribution in [0, 0.1) is 0 Å². The third-order valence-electron chi connectivity index (χ3n) is 2.32. The lowest BCUT2D eigenvalue weighted by Gasteiger charge is -1.86. The summed E-state index contributed by atoms with van der Waals surface area (Å²) >= 11 is 1.37. The molecular weight excluding hydrogens is 212 g/mol. The van der Waals surface area contributed by atoms with E-state index in [1.165, 1.54) is 11.3 Å². The van der Waals surface area contributed by atoms with Crippen molar-refractivity contribution in [3.8, 4) is 10.8 Å². The lowest BCUT2D eigenvalue weighted by molar-refractivity contribution is 0.112. The van der Waals surface area contributed by atoms with Crippen LogP contribution >= 0.6 is 11.3 Å². The summed E-state index contributed by atoms with van der Waals surface area (Å²) in [7, 11) is 0. The lowest BCUT2D eigenvalue weighted by atomic mass is 10.4. The number of rotatable bonds is 3. The fourth-order valence-corrected chi connectivity index (χ4v) is 2.10. The van der Waals surface area contributed by atoms with Crippen LogP contribution in [0.3, 0.4) is 0 Å². The number of nitrogens with zero attached hydrogens (tertiary/aromatic N) is 2. The first-order chi connectivity index (χ1) is 7.36. The fourth-order valence-electron chi connectivity index (χ4n) is 1.36. The molecule has 1 aliphatic carbocycles. The van der Waals surface area contributed by atoms with E-state index in [1.807, 2.05) is 6.07 Å². The Balaban J connectivity index is 1.93. The highest BCUT2D eigenvalue weighted by atomic mass is 32.1. The first kappa shape index (κ1) is 8.79. The second-order valence-electron chi connectivity index (χ2n) is 3.54. The van der Waals surface area contributed by atoms with E-state index in [0.717, 1.165) is 29.9 Å². The molecule has 1 aliphatic rings. The first-order valence-electron chi connectivity index (χ1n) is 4.75. The Bertz CT molecular complexity index is 499. The van der Waals surface area contributed by atoms with Crippen molar-refractivity contribution >= 4 is 17.6 Å². The molecule has 3 rings (SSSR count). The van der Waals surface area contributed by atoms with Gasteiger partial charge >= 0.3 is 0 Å². The van der Waals surface area contributed by atoms with Crippen LogP contribution in [0.2, 0.25) is 0 Å². The molecule has 5 heteroatoms. The predicted molar refractivity (Wildman–Crippen MR) is 55.0 cm³/mol. The van der Waals surface area contributed by atoms with E-state index in [9.17, 15) is 4.79 Å². The monoisotopic (exact) mass is 220 g/mol. The molecule has 2 aromatic heterocycles. The van der Waals surface area contributed by atoms with Gasteiger partial charge < -0.3 is 4.42 Å². The lowest BCUT2D eigenvalue weighted by Crippen LogP contribution is -1.75. The maximum absolute atomic E-state index is 10.5. The normalized spacial score (nSPS) is 15.5. The minimum atomic E-state index is 0.469. The molecule has 0 amide bonds. The largest absolute Gasteiger partial charge is 0.420 e. The molecule has 0 aliphatic heterocycles. The zero-order valence-corrected chi connectivity index (χ0v) is 8.66. The molecule has 2 heterocycles. The van der Waals surface area contributed by atoms with E-state index in [1.54, 1.807) is 6.07 Å². The molecule has 0 radical (unpaired) electrons. The molecule has 4 nitrogen and oxygen atoms in total. The van der Waals surface area contributed by atoms with Crippen molar-refractivity contribution < 1.29 is 9.21 Å². The van der Waals surface area contributed by atoms with Crippen LogP contribution in [0.15, 0.2) is 16.5 Å². The topological polar surface area (TPSA) is 56.0 Å². The van der Waals surface area contributed by atoms with Crippen molar-refractivity contribution in [2.24, 2.45) is 0 Å². The molecule has 0 saturated heterocycles. The Morgan fingerprint density at radius 3 is 2.93 bits per heavy atom. The van der Waals surface area contributed by atoms with Crippen LogP contribution in [0.5, 0.6) is 0 Å². The van der Waals surface area contributed by atoms with Gasteiger partial charge in [0.15, 0.2) is 6.29 Å². The van der Waals surface area contributed by atoms with E-state index < -0.39 is 0 Å². The van der Waals surface area contributed by atoms with Gasteiger partial charge in [-0.25, -0.2) is 0 Å². The highest BCUT2D eigenvalue weighted by molar-refractivity contribution is 7.16. The Morgan fingerprint density at radius 2 is 2.27 bits per heavy atom. The zero-order valence-electron chi connectivity index (χ0n) is 7.84. The van der Waals surface area contributed by atoms with Crippen molar-refractivity contribution in [3.63, 3.8) is 0 Å². The molecule has 1 fully saturated rings.